The number of nitrogen functional groups attached to an aromatic ring is 1. The number of halogens is 1. The zero-order chi connectivity index (χ0) is 20.5. The third-order valence-electron chi connectivity index (χ3n) is 4.77. The van der Waals surface area contributed by atoms with Gasteiger partial charge in [0.1, 0.15) is 16.4 Å². The maximum atomic E-state index is 12.4. The third-order valence-corrected chi connectivity index (χ3v) is 5.66. The number of H-pyrrole nitrogens is 1. The molecule has 2 heterocycles. The van der Waals surface area contributed by atoms with E-state index in [1.54, 1.807) is 5.38 Å². The fourth-order valence-corrected chi connectivity index (χ4v) is 3.93. The predicted octanol–water partition coefficient (Wildman–Crippen LogP) is 3.09. The number of rotatable bonds is 6. The van der Waals surface area contributed by atoms with E-state index in [0.717, 1.165) is 18.4 Å². The van der Waals surface area contributed by atoms with Crippen molar-refractivity contribution in [3.63, 3.8) is 0 Å². The summed E-state index contributed by atoms with van der Waals surface area (Å²) in [6, 6.07) is 7.43. The molecule has 8 nitrogen and oxygen atoms in total. The first kappa shape index (κ1) is 21.8. The number of thiazole rings is 1. The summed E-state index contributed by atoms with van der Waals surface area (Å²) in [5, 5.41) is 5.36. The predicted molar refractivity (Wildman–Crippen MR) is 121 cm³/mol. The van der Waals surface area contributed by atoms with Gasteiger partial charge in [-0.05, 0) is 31.4 Å². The summed E-state index contributed by atoms with van der Waals surface area (Å²) in [6.45, 7) is 2.33. The minimum absolute atomic E-state index is 0. The lowest BCUT2D eigenvalue weighted by Crippen LogP contribution is -2.33. The first-order chi connectivity index (χ1) is 14.0. The summed E-state index contributed by atoms with van der Waals surface area (Å²) in [7, 11) is 0. The van der Waals surface area contributed by atoms with Crippen LogP contribution >= 0.6 is 23.7 Å². The largest absolute Gasteiger partial charge is 0.384 e. The summed E-state index contributed by atoms with van der Waals surface area (Å²) in [6.07, 6.45) is 2.59. The second kappa shape index (κ2) is 8.85. The lowest BCUT2D eigenvalue weighted by atomic mass is 10.2. The number of benzene rings is 1. The van der Waals surface area contributed by atoms with Gasteiger partial charge in [0.05, 0.1) is 5.69 Å². The maximum Gasteiger partial charge on any atom is 0.329 e. The Morgan fingerprint density at radius 1 is 1.37 bits per heavy atom. The van der Waals surface area contributed by atoms with Gasteiger partial charge in [0, 0.05) is 29.1 Å². The highest BCUT2D eigenvalue weighted by molar-refractivity contribution is 7.13. The topological polar surface area (TPSA) is 123 Å². The molecule has 1 aliphatic carbocycles. The SMILES string of the molecule is CCCn1c(N)c(-c2csc(-c3cccc(NC(=O)C4CC4)c3)n2)c(=O)[nH]c1=O.Cl. The van der Waals surface area contributed by atoms with Crippen LogP contribution in [0.15, 0.2) is 39.2 Å². The van der Waals surface area contributed by atoms with Crippen LogP contribution in [0, 0.1) is 5.92 Å². The lowest BCUT2D eigenvalue weighted by molar-refractivity contribution is -0.117. The van der Waals surface area contributed by atoms with E-state index in [2.05, 4.69) is 15.3 Å². The highest BCUT2D eigenvalue weighted by Gasteiger charge is 2.29. The monoisotopic (exact) mass is 447 g/mol. The molecule has 0 atom stereocenters. The van der Waals surface area contributed by atoms with E-state index in [0.29, 0.717) is 29.4 Å². The van der Waals surface area contributed by atoms with E-state index in [9.17, 15) is 14.4 Å². The van der Waals surface area contributed by atoms with E-state index in [4.69, 9.17) is 5.73 Å². The van der Waals surface area contributed by atoms with Gasteiger partial charge in [-0.1, -0.05) is 19.1 Å². The van der Waals surface area contributed by atoms with Gasteiger partial charge in [0.25, 0.3) is 5.56 Å². The van der Waals surface area contributed by atoms with Crippen molar-refractivity contribution in [3.05, 3.63) is 50.5 Å². The second-order valence-corrected chi connectivity index (χ2v) is 7.91. The average Bonchev–Trinajstić information content (AvgIpc) is 3.44. The van der Waals surface area contributed by atoms with Crippen LogP contribution in [0.3, 0.4) is 0 Å². The summed E-state index contributed by atoms with van der Waals surface area (Å²) in [4.78, 5) is 43.3. The van der Waals surface area contributed by atoms with Crippen molar-refractivity contribution < 1.29 is 4.79 Å². The highest BCUT2D eigenvalue weighted by Crippen LogP contribution is 2.32. The fourth-order valence-electron chi connectivity index (χ4n) is 3.12. The van der Waals surface area contributed by atoms with E-state index in [1.165, 1.54) is 15.9 Å². The number of hydrogen-bond donors (Lipinski definition) is 3. The zero-order valence-electron chi connectivity index (χ0n) is 16.3. The quantitative estimate of drug-likeness (QED) is 0.535. The van der Waals surface area contributed by atoms with Crippen molar-refractivity contribution in [3.8, 4) is 21.8 Å². The van der Waals surface area contributed by atoms with E-state index >= 15 is 0 Å². The number of hydrogen-bond acceptors (Lipinski definition) is 6. The Labute approximate surface area is 182 Å². The van der Waals surface area contributed by atoms with Crippen LogP contribution in [-0.4, -0.2) is 20.4 Å². The number of aromatic nitrogens is 3. The zero-order valence-corrected chi connectivity index (χ0v) is 17.9. The Kier molecular flexibility index (Phi) is 6.42. The standard InChI is InChI=1S/C20H21N5O3S.ClH/c1-2-8-25-16(21)15(18(27)24-20(25)28)14-10-29-19(23-14)12-4-3-5-13(9-12)22-17(26)11-6-7-11;/h3-5,9-11H,2,6-8,21H2,1H3,(H,22,26)(H,24,27,28);1H. The molecule has 0 radical (unpaired) electrons. The molecular weight excluding hydrogens is 426 g/mol. The molecule has 10 heteroatoms. The number of nitrogens with two attached hydrogens (primary N) is 1. The highest BCUT2D eigenvalue weighted by atomic mass is 35.5. The van der Waals surface area contributed by atoms with E-state index in [-0.39, 0.29) is 35.6 Å². The number of aromatic amines is 1. The van der Waals surface area contributed by atoms with E-state index in [1.807, 2.05) is 31.2 Å². The van der Waals surface area contributed by atoms with Crippen molar-refractivity contribution in [2.24, 2.45) is 5.92 Å². The van der Waals surface area contributed by atoms with Crippen LogP contribution < -0.4 is 22.3 Å². The molecule has 1 fully saturated rings. The molecule has 0 aliphatic heterocycles. The van der Waals surface area contributed by atoms with Gasteiger partial charge in [-0.25, -0.2) is 9.78 Å². The Hall–Kier alpha value is -2.91. The Bertz CT molecular complexity index is 1200. The van der Waals surface area contributed by atoms with Crippen molar-refractivity contribution in [1.82, 2.24) is 14.5 Å². The minimum Gasteiger partial charge on any atom is -0.384 e. The molecule has 2 aromatic heterocycles. The van der Waals surface area contributed by atoms with Gasteiger partial charge < -0.3 is 11.1 Å². The molecule has 0 bridgehead atoms. The normalized spacial score (nSPS) is 13.0. The van der Waals surface area contributed by atoms with Crippen LogP contribution in [0.1, 0.15) is 26.2 Å². The molecule has 0 spiro atoms. The molecule has 1 amide bonds. The van der Waals surface area contributed by atoms with Crippen LogP contribution in [0.2, 0.25) is 0 Å². The Balaban J connectivity index is 0.00000256. The van der Waals surface area contributed by atoms with Crippen LogP contribution in [0.5, 0.6) is 0 Å². The number of anilines is 2. The van der Waals surface area contributed by atoms with Crippen molar-refractivity contribution in [2.75, 3.05) is 11.1 Å². The van der Waals surface area contributed by atoms with Crippen molar-refractivity contribution >= 4 is 41.2 Å². The number of carbonyl (C=O) groups excluding carboxylic acids is 1. The molecule has 1 saturated carbocycles. The van der Waals surface area contributed by atoms with Crippen LogP contribution in [0.4, 0.5) is 11.5 Å². The Morgan fingerprint density at radius 3 is 2.83 bits per heavy atom. The lowest BCUT2D eigenvalue weighted by Gasteiger charge is -2.10. The molecule has 30 heavy (non-hydrogen) atoms. The molecule has 1 aliphatic rings. The van der Waals surface area contributed by atoms with Gasteiger partial charge in [0.2, 0.25) is 5.91 Å². The smallest absolute Gasteiger partial charge is 0.329 e. The Morgan fingerprint density at radius 2 is 2.13 bits per heavy atom. The maximum absolute atomic E-state index is 12.4. The van der Waals surface area contributed by atoms with Gasteiger partial charge >= 0.3 is 5.69 Å². The molecule has 158 valence electrons. The molecule has 0 saturated heterocycles. The summed E-state index contributed by atoms with van der Waals surface area (Å²) in [5.41, 5.74) is 7.20. The summed E-state index contributed by atoms with van der Waals surface area (Å²) in [5.74, 6) is 0.279. The van der Waals surface area contributed by atoms with Gasteiger partial charge in [-0.15, -0.1) is 23.7 Å². The molecular formula is C20H22ClN5O3S. The molecule has 1 aromatic carbocycles. The molecule has 4 N–H and O–H groups in total. The van der Waals surface area contributed by atoms with Crippen molar-refractivity contribution in [2.45, 2.75) is 32.7 Å². The molecule has 0 unspecified atom stereocenters. The van der Waals surface area contributed by atoms with Crippen LogP contribution in [0.25, 0.3) is 21.8 Å². The minimum atomic E-state index is -0.554. The van der Waals surface area contributed by atoms with Crippen LogP contribution in [-0.2, 0) is 11.3 Å². The third kappa shape index (κ3) is 4.31. The number of carbonyl (C=O) groups is 1. The summed E-state index contributed by atoms with van der Waals surface area (Å²) >= 11 is 1.36. The summed E-state index contributed by atoms with van der Waals surface area (Å²) < 4.78 is 1.35. The number of amides is 1. The number of nitrogens with one attached hydrogen (secondary N) is 2. The van der Waals surface area contributed by atoms with Crippen molar-refractivity contribution in [1.29, 1.82) is 0 Å². The fraction of sp³-hybridized carbons (Fsp3) is 0.300. The first-order valence-corrected chi connectivity index (χ1v) is 10.4. The van der Waals surface area contributed by atoms with Gasteiger partial charge in [-0.2, -0.15) is 0 Å². The van der Waals surface area contributed by atoms with E-state index < -0.39 is 11.2 Å². The van der Waals surface area contributed by atoms with Gasteiger partial charge in [-0.3, -0.25) is 19.1 Å². The molecule has 3 aromatic rings. The average molecular weight is 448 g/mol. The van der Waals surface area contributed by atoms with Gasteiger partial charge in [0.15, 0.2) is 0 Å². The molecule has 4 rings (SSSR count). The first-order valence-electron chi connectivity index (χ1n) is 9.47. The number of nitrogens with zero attached hydrogens (tertiary/aromatic N) is 2. The second-order valence-electron chi connectivity index (χ2n) is 7.05.